The maximum absolute atomic E-state index is 13.6. The number of carbonyl (C=O) groups excluding carboxylic acids is 1. The monoisotopic (exact) mass is 478 g/mol. The first-order valence-corrected chi connectivity index (χ1v) is 12.9. The third-order valence-electron chi connectivity index (χ3n) is 6.23. The van der Waals surface area contributed by atoms with Crippen LogP contribution in [0.25, 0.3) is 0 Å². The number of rotatable bonds is 8. The van der Waals surface area contributed by atoms with Crippen LogP contribution >= 0.6 is 0 Å². The number of methoxy groups -OCH3 is 1. The molecule has 4 rings (SSSR count). The zero-order valence-electron chi connectivity index (χ0n) is 19.5. The fraction of sp³-hybridized carbons (Fsp3) is 0.296. The second-order valence-corrected chi connectivity index (χ2v) is 10.5. The van der Waals surface area contributed by atoms with Gasteiger partial charge in [-0.3, -0.25) is 4.79 Å². The SMILES string of the molecule is COc1ccc(S(=O)(=O)N(CC(=O)N[C@@H]2CCCc3ccccc32)Cc2ccccc2)cc1C. The number of aryl methyl sites for hydroxylation is 2. The summed E-state index contributed by atoms with van der Waals surface area (Å²) in [5.74, 6) is 0.300. The Labute approximate surface area is 201 Å². The quantitative estimate of drug-likeness (QED) is 0.521. The van der Waals surface area contributed by atoms with Crippen LogP contribution in [0.4, 0.5) is 0 Å². The number of hydrogen-bond acceptors (Lipinski definition) is 4. The van der Waals surface area contributed by atoms with Crippen molar-refractivity contribution >= 4 is 15.9 Å². The maximum Gasteiger partial charge on any atom is 0.243 e. The largest absolute Gasteiger partial charge is 0.496 e. The number of fused-ring (bicyclic) bond motifs is 1. The van der Waals surface area contributed by atoms with Gasteiger partial charge in [-0.1, -0.05) is 54.6 Å². The molecular weight excluding hydrogens is 448 g/mol. The molecule has 0 aromatic heterocycles. The van der Waals surface area contributed by atoms with Gasteiger partial charge in [0.15, 0.2) is 0 Å². The molecule has 1 aliphatic carbocycles. The highest BCUT2D eigenvalue weighted by Gasteiger charge is 2.29. The summed E-state index contributed by atoms with van der Waals surface area (Å²) in [5, 5.41) is 3.08. The molecule has 34 heavy (non-hydrogen) atoms. The fourth-order valence-corrected chi connectivity index (χ4v) is 5.95. The molecule has 1 aliphatic rings. The van der Waals surface area contributed by atoms with Crippen LogP contribution in [0.5, 0.6) is 5.75 Å². The number of nitrogens with zero attached hydrogens (tertiary/aromatic N) is 1. The van der Waals surface area contributed by atoms with Gasteiger partial charge in [0.1, 0.15) is 5.75 Å². The second kappa shape index (κ2) is 10.4. The number of benzene rings is 3. The molecule has 178 valence electrons. The Morgan fingerprint density at radius 1 is 1.06 bits per heavy atom. The predicted octanol–water partition coefficient (Wildman–Crippen LogP) is 4.39. The minimum atomic E-state index is -3.93. The molecular formula is C27H30N2O4S. The Kier molecular flexibility index (Phi) is 7.34. The Hall–Kier alpha value is -3.16. The number of carbonyl (C=O) groups is 1. The molecule has 1 N–H and O–H groups in total. The van der Waals surface area contributed by atoms with Gasteiger partial charge in [0.2, 0.25) is 15.9 Å². The molecule has 0 bridgehead atoms. The number of nitrogens with one attached hydrogen (secondary N) is 1. The van der Waals surface area contributed by atoms with E-state index in [1.54, 1.807) is 26.2 Å². The fourth-order valence-electron chi connectivity index (χ4n) is 4.48. The maximum atomic E-state index is 13.6. The molecule has 0 fully saturated rings. The van der Waals surface area contributed by atoms with Gasteiger partial charge in [-0.25, -0.2) is 8.42 Å². The van der Waals surface area contributed by atoms with Crippen LogP contribution in [0.15, 0.2) is 77.7 Å². The van der Waals surface area contributed by atoms with Crippen LogP contribution < -0.4 is 10.1 Å². The van der Waals surface area contributed by atoms with E-state index in [4.69, 9.17) is 4.74 Å². The van der Waals surface area contributed by atoms with Crippen molar-refractivity contribution in [2.24, 2.45) is 0 Å². The van der Waals surface area contributed by atoms with Crippen LogP contribution in [-0.4, -0.2) is 32.3 Å². The number of ether oxygens (including phenoxy) is 1. The average molecular weight is 479 g/mol. The minimum absolute atomic E-state index is 0.100. The van der Waals surface area contributed by atoms with E-state index in [0.717, 1.165) is 30.4 Å². The topological polar surface area (TPSA) is 75.7 Å². The lowest BCUT2D eigenvalue weighted by molar-refractivity contribution is -0.122. The molecule has 1 atom stereocenters. The van der Waals surface area contributed by atoms with Crippen molar-refractivity contribution < 1.29 is 17.9 Å². The van der Waals surface area contributed by atoms with E-state index < -0.39 is 10.0 Å². The van der Waals surface area contributed by atoms with Crippen LogP contribution in [0.3, 0.4) is 0 Å². The van der Waals surface area contributed by atoms with Crippen molar-refractivity contribution in [1.82, 2.24) is 9.62 Å². The van der Waals surface area contributed by atoms with Gasteiger partial charge in [-0.05, 0) is 66.6 Å². The molecule has 3 aromatic rings. The van der Waals surface area contributed by atoms with Gasteiger partial charge in [0.05, 0.1) is 24.6 Å². The highest BCUT2D eigenvalue weighted by molar-refractivity contribution is 7.89. The summed E-state index contributed by atoms with van der Waals surface area (Å²) in [6.45, 7) is 1.64. The first-order chi connectivity index (χ1) is 16.4. The molecule has 0 aliphatic heterocycles. The van der Waals surface area contributed by atoms with Crippen molar-refractivity contribution in [3.63, 3.8) is 0 Å². The average Bonchev–Trinajstić information content (AvgIpc) is 2.84. The predicted molar refractivity (Wildman–Crippen MR) is 132 cm³/mol. The molecule has 6 nitrogen and oxygen atoms in total. The van der Waals surface area contributed by atoms with Gasteiger partial charge in [0, 0.05) is 6.54 Å². The van der Waals surface area contributed by atoms with Crippen LogP contribution in [0.2, 0.25) is 0 Å². The lowest BCUT2D eigenvalue weighted by Crippen LogP contribution is -2.42. The summed E-state index contributed by atoms with van der Waals surface area (Å²) in [6.07, 6.45) is 2.82. The number of sulfonamides is 1. The van der Waals surface area contributed by atoms with Crippen molar-refractivity contribution in [2.45, 2.75) is 43.7 Å². The zero-order chi connectivity index (χ0) is 24.1. The number of amides is 1. The van der Waals surface area contributed by atoms with Crippen LogP contribution in [0, 0.1) is 6.92 Å². The van der Waals surface area contributed by atoms with E-state index in [0.29, 0.717) is 11.3 Å². The molecule has 7 heteroatoms. The summed E-state index contributed by atoms with van der Waals surface area (Å²) < 4.78 is 33.8. The Bertz CT molecular complexity index is 1260. The Balaban J connectivity index is 1.59. The zero-order valence-corrected chi connectivity index (χ0v) is 20.3. The van der Waals surface area contributed by atoms with Gasteiger partial charge in [0.25, 0.3) is 0 Å². The highest BCUT2D eigenvalue weighted by atomic mass is 32.2. The normalized spacial score (nSPS) is 15.6. The first kappa shape index (κ1) is 24.0. The molecule has 0 radical (unpaired) electrons. The van der Waals surface area contributed by atoms with Crippen molar-refractivity contribution in [2.75, 3.05) is 13.7 Å². The first-order valence-electron chi connectivity index (χ1n) is 11.4. The molecule has 0 unspecified atom stereocenters. The third kappa shape index (κ3) is 5.32. The molecule has 0 heterocycles. The van der Waals surface area contributed by atoms with Gasteiger partial charge >= 0.3 is 0 Å². The van der Waals surface area contributed by atoms with E-state index >= 15 is 0 Å². The van der Waals surface area contributed by atoms with E-state index in [9.17, 15) is 13.2 Å². The standard InChI is InChI=1S/C27H30N2O4S/c1-20-17-23(15-16-26(20)33-2)34(31,32)29(18-21-9-4-3-5-10-21)19-27(30)28-25-14-8-12-22-11-6-7-13-24(22)25/h3-7,9-11,13,15-17,25H,8,12,14,18-19H2,1-2H3,(H,28,30)/t25-/m1/s1. The smallest absolute Gasteiger partial charge is 0.243 e. The molecule has 0 saturated carbocycles. The lowest BCUT2D eigenvalue weighted by atomic mass is 9.88. The second-order valence-electron chi connectivity index (χ2n) is 8.60. The van der Waals surface area contributed by atoms with Crippen molar-refractivity contribution in [3.05, 3.63) is 95.1 Å². The summed E-state index contributed by atoms with van der Waals surface area (Å²) in [5.41, 5.74) is 3.88. The minimum Gasteiger partial charge on any atom is -0.496 e. The summed E-state index contributed by atoms with van der Waals surface area (Å²) >= 11 is 0. The van der Waals surface area contributed by atoms with Crippen LogP contribution in [0.1, 0.15) is 41.1 Å². The van der Waals surface area contributed by atoms with E-state index in [2.05, 4.69) is 11.4 Å². The lowest BCUT2D eigenvalue weighted by Gasteiger charge is -2.28. The third-order valence-corrected chi connectivity index (χ3v) is 8.02. The van der Waals surface area contributed by atoms with E-state index in [1.807, 2.05) is 48.5 Å². The summed E-state index contributed by atoms with van der Waals surface area (Å²) in [6, 6.07) is 22.1. The summed E-state index contributed by atoms with van der Waals surface area (Å²) in [4.78, 5) is 13.3. The van der Waals surface area contributed by atoms with Gasteiger partial charge in [-0.2, -0.15) is 4.31 Å². The molecule has 0 spiro atoms. The van der Waals surface area contributed by atoms with E-state index in [1.165, 1.54) is 15.9 Å². The molecule has 0 saturated heterocycles. The van der Waals surface area contributed by atoms with Crippen LogP contribution in [-0.2, 0) is 27.8 Å². The van der Waals surface area contributed by atoms with Gasteiger partial charge in [-0.15, -0.1) is 0 Å². The number of hydrogen-bond donors (Lipinski definition) is 1. The van der Waals surface area contributed by atoms with Gasteiger partial charge < -0.3 is 10.1 Å². The molecule has 3 aromatic carbocycles. The Morgan fingerprint density at radius 2 is 1.79 bits per heavy atom. The summed E-state index contributed by atoms with van der Waals surface area (Å²) in [7, 11) is -2.38. The van der Waals surface area contributed by atoms with Crippen molar-refractivity contribution in [3.8, 4) is 5.75 Å². The van der Waals surface area contributed by atoms with Crippen molar-refractivity contribution in [1.29, 1.82) is 0 Å². The van der Waals surface area contributed by atoms with E-state index in [-0.39, 0.29) is 29.9 Å². The molecule has 1 amide bonds. The Morgan fingerprint density at radius 3 is 2.53 bits per heavy atom. The highest BCUT2D eigenvalue weighted by Crippen LogP contribution is 2.30.